The normalized spacial score (nSPS) is 14.1. The van der Waals surface area contributed by atoms with Gasteiger partial charge in [-0.1, -0.05) is 147 Å². The van der Waals surface area contributed by atoms with Gasteiger partial charge in [-0.05, 0) is 64.2 Å². The average Bonchev–Trinajstić information content (AvgIpc) is 3.16. The monoisotopic (exact) mass is 789 g/mol. The van der Waals surface area contributed by atoms with Crippen molar-refractivity contribution < 1.29 is 47.8 Å². The number of rotatable bonds is 41. The molecule has 1 unspecified atom stereocenters. The van der Waals surface area contributed by atoms with Crippen molar-refractivity contribution in [3.05, 3.63) is 24.3 Å². The Bertz CT molecular complexity index is 957. The number of phosphoric ester groups is 1. The Morgan fingerprint density at radius 2 is 0.907 bits per heavy atom. The summed E-state index contributed by atoms with van der Waals surface area (Å²) in [5.74, 6) is -0.935. The van der Waals surface area contributed by atoms with Gasteiger partial charge in [0, 0.05) is 12.8 Å². The molecule has 0 rings (SSSR count). The molecule has 3 atom stereocenters. The third-order valence-electron chi connectivity index (χ3n) is 9.33. The Morgan fingerprint density at radius 3 is 1.33 bits per heavy atom. The summed E-state index contributed by atoms with van der Waals surface area (Å²) in [4.78, 5) is 35.0. The van der Waals surface area contributed by atoms with E-state index in [2.05, 4.69) is 42.7 Å². The van der Waals surface area contributed by atoms with Gasteiger partial charge < -0.3 is 24.6 Å². The average molecular weight is 789 g/mol. The standard InChI is InChI=1S/C43H81O10P/c1-3-5-7-9-11-13-15-17-19-20-21-23-24-26-28-30-32-34-42(46)50-38-41(39-52-54(48,49)51-37-40(45)36-44)53-43(47)35-33-31-29-27-25-22-18-16-14-12-10-8-6-4-2/h16-19,40-41,44-45H,3-15,20-39H2,1-2H3,(H,48,49)/b18-16-,19-17-/t40-,41+/m0/s1. The number of unbranched alkanes of at least 4 members (excludes halogenated alkanes) is 23. The van der Waals surface area contributed by atoms with Crippen molar-refractivity contribution in [2.45, 2.75) is 212 Å². The Hall–Kier alpha value is -1.55. The van der Waals surface area contributed by atoms with Crippen LogP contribution in [-0.4, -0.2) is 65.7 Å². The maximum Gasteiger partial charge on any atom is 0.472 e. The number of esters is 2. The molecule has 0 saturated heterocycles. The van der Waals surface area contributed by atoms with E-state index in [0.717, 1.165) is 64.2 Å². The minimum Gasteiger partial charge on any atom is -0.462 e. The number of carbonyl (C=O) groups is 2. The summed E-state index contributed by atoms with van der Waals surface area (Å²) in [7, 11) is -4.62. The van der Waals surface area contributed by atoms with Crippen molar-refractivity contribution in [3.8, 4) is 0 Å². The summed E-state index contributed by atoms with van der Waals surface area (Å²) in [6.07, 6.45) is 38.5. The number of aliphatic hydroxyl groups excluding tert-OH is 2. The zero-order chi connectivity index (χ0) is 39.8. The van der Waals surface area contributed by atoms with Gasteiger partial charge in [-0.25, -0.2) is 4.57 Å². The topological polar surface area (TPSA) is 149 Å². The second-order valence-corrected chi connectivity index (χ2v) is 16.2. The van der Waals surface area contributed by atoms with E-state index in [9.17, 15) is 24.2 Å². The van der Waals surface area contributed by atoms with Gasteiger partial charge in [0.05, 0.1) is 19.8 Å². The molecule has 0 aromatic heterocycles. The van der Waals surface area contributed by atoms with Gasteiger partial charge in [0.1, 0.15) is 12.7 Å². The van der Waals surface area contributed by atoms with Crippen LogP contribution in [0.4, 0.5) is 0 Å². The van der Waals surface area contributed by atoms with Crippen molar-refractivity contribution in [2.24, 2.45) is 0 Å². The van der Waals surface area contributed by atoms with Crippen LogP contribution in [-0.2, 0) is 32.7 Å². The van der Waals surface area contributed by atoms with E-state index in [1.807, 2.05) is 0 Å². The quantitative estimate of drug-likeness (QED) is 0.0236. The van der Waals surface area contributed by atoms with Gasteiger partial charge in [0.25, 0.3) is 0 Å². The molecule has 0 spiro atoms. The van der Waals surface area contributed by atoms with Gasteiger partial charge >= 0.3 is 19.8 Å². The third-order valence-corrected chi connectivity index (χ3v) is 10.3. The molecule has 0 amide bonds. The first-order chi connectivity index (χ1) is 26.2. The predicted molar refractivity (Wildman–Crippen MR) is 219 cm³/mol. The largest absolute Gasteiger partial charge is 0.472 e. The lowest BCUT2D eigenvalue weighted by atomic mass is 10.1. The molecule has 0 saturated carbocycles. The van der Waals surface area contributed by atoms with E-state index < -0.39 is 51.8 Å². The molecule has 0 heterocycles. The zero-order valence-electron chi connectivity index (χ0n) is 34.4. The highest BCUT2D eigenvalue weighted by molar-refractivity contribution is 7.47. The molecule has 0 aromatic rings. The molecule has 0 aromatic carbocycles. The van der Waals surface area contributed by atoms with Crippen LogP contribution in [0.15, 0.2) is 24.3 Å². The van der Waals surface area contributed by atoms with E-state index in [1.54, 1.807) is 0 Å². The number of hydrogen-bond acceptors (Lipinski definition) is 9. The Labute approximate surface area is 329 Å². The first kappa shape index (κ1) is 52.5. The first-order valence-electron chi connectivity index (χ1n) is 21.8. The van der Waals surface area contributed by atoms with E-state index in [4.69, 9.17) is 19.1 Å². The summed E-state index contributed by atoms with van der Waals surface area (Å²) in [6, 6.07) is 0. The summed E-state index contributed by atoms with van der Waals surface area (Å²) < 4.78 is 32.7. The molecule has 0 aliphatic rings. The fourth-order valence-corrected chi connectivity index (χ4v) is 6.71. The van der Waals surface area contributed by atoms with Crippen LogP contribution in [0.1, 0.15) is 200 Å². The van der Waals surface area contributed by atoms with E-state index in [0.29, 0.717) is 12.8 Å². The molecule has 0 radical (unpaired) electrons. The highest BCUT2D eigenvalue weighted by Gasteiger charge is 2.27. The number of allylic oxidation sites excluding steroid dienone is 4. The van der Waals surface area contributed by atoms with Crippen LogP contribution in [0, 0.1) is 0 Å². The van der Waals surface area contributed by atoms with Crippen LogP contribution in [0.5, 0.6) is 0 Å². The molecule has 0 fully saturated rings. The summed E-state index contributed by atoms with van der Waals surface area (Å²) in [5, 5.41) is 18.3. The number of aliphatic hydroxyl groups is 2. The Kier molecular flexibility index (Phi) is 38.5. The van der Waals surface area contributed by atoms with Crippen LogP contribution >= 0.6 is 7.82 Å². The fraction of sp³-hybridized carbons (Fsp3) is 0.860. The lowest BCUT2D eigenvalue weighted by molar-refractivity contribution is -0.161. The molecule has 54 heavy (non-hydrogen) atoms. The lowest BCUT2D eigenvalue weighted by Crippen LogP contribution is -2.29. The van der Waals surface area contributed by atoms with E-state index in [-0.39, 0.29) is 19.4 Å². The molecule has 0 bridgehead atoms. The number of carbonyl (C=O) groups excluding carboxylic acids is 2. The second-order valence-electron chi connectivity index (χ2n) is 14.7. The molecule has 0 aliphatic carbocycles. The van der Waals surface area contributed by atoms with Crippen molar-refractivity contribution in [1.82, 2.24) is 0 Å². The van der Waals surface area contributed by atoms with Crippen LogP contribution in [0.2, 0.25) is 0 Å². The maximum absolute atomic E-state index is 12.6. The van der Waals surface area contributed by atoms with E-state index >= 15 is 0 Å². The molecule has 3 N–H and O–H groups in total. The molecule has 0 aliphatic heterocycles. The van der Waals surface area contributed by atoms with E-state index in [1.165, 1.54) is 96.3 Å². The van der Waals surface area contributed by atoms with Gasteiger partial charge in [-0.2, -0.15) is 0 Å². The highest BCUT2D eigenvalue weighted by atomic mass is 31.2. The summed E-state index contributed by atoms with van der Waals surface area (Å²) >= 11 is 0. The van der Waals surface area contributed by atoms with Crippen LogP contribution in [0.3, 0.4) is 0 Å². The van der Waals surface area contributed by atoms with Crippen molar-refractivity contribution in [1.29, 1.82) is 0 Å². The number of ether oxygens (including phenoxy) is 2. The maximum atomic E-state index is 12.6. The molecular formula is C43H81O10P. The highest BCUT2D eigenvalue weighted by Crippen LogP contribution is 2.43. The molecule has 318 valence electrons. The Morgan fingerprint density at radius 1 is 0.537 bits per heavy atom. The summed E-state index contributed by atoms with van der Waals surface area (Å²) in [6.45, 7) is 2.36. The summed E-state index contributed by atoms with van der Waals surface area (Å²) in [5.41, 5.74) is 0. The van der Waals surface area contributed by atoms with Crippen molar-refractivity contribution in [3.63, 3.8) is 0 Å². The second kappa shape index (κ2) is 39.7. The molecule has 11 heteroatoms. The Balaban J connectivity index is 4.29. The minimum atomic E-state index is -4.62. The number of phosphoric acid groups is 1. The molecule has 10 nitrogen and oxygen atoms in total. The predicted octanol–water partition coefficient (Wildman–Crippen LogP) is 11.4. The molecular weight excluding hydrogens is 707 g/mol. The minimum absolute atomic E-state index is 0.175. The van der Waals surface area contributed by atoms with Crippen LogP contribution < -0.4 is 0 Å². The fourth-order valence-electron chi connectivity index (χ4n) is 5.92. The smallest absolute Gasteiger partial charge is 0.462 e. The third kappa shape index (κ3) is 38.7. The SMILES string of the molecule is CCCCCCC/C=C\CCCCCCCC(=O)O[C@H](COC(=O)CCCCCCCCC/C=C\CCCCCCCC)COP(=O)(O)OC[C@@H](O)CO. The van der Waals surface area contributed by atoms with Crippen molar-refractivity contribution in [2.75, 3.05) is 26.4 Å². The lowest BCUT2D eigenvalue weighted by Gasteiger charge is -2.20. The van der Waals surface area contributed by atoms with Gasteiger partial charge in [0.2, 0.25) is 0 Å². The first-order valence-corrected chi connectivity index (χ1v) is 23.3. The van der Waals surface area contributed by atoms with Gasteiger partial charge in [-0.15, -0.1) is 0 Å². The van der Waals surface area contributed by atoms with Crippen molar-refractivity contribution >= 4 is 19.8 Å². The zero-order valence-corrected chi connectivity index (χ0v) is 35.3. The van der Waals surface area contributed by atoms with Gasteiger partial charge in [0.15, 0.2) is 6.10 Å². The van der Waals surface area contributed by atoms with Gasteiger partial charge in [-0.3, -0.25) is 18.6 Å². The van der Waals surface area contributed by atoms with Crippen LogP contribution in [0.25, 0.3) is 0 Å². The number of hydrogen-bond donors (Lipinski definition) is 3.